The Morgan fingerprint density at radius 2 is 1.74 bits per heavy atom. The lowest BCUT2D eigenvalue weighted by Gasteiger charge is -2.32. The van der Waals surface area contributed by atoms with Crippen LogP contribution in [0.2, 0.25) is 0 Å². The normalized spacial score (nSPS) is 23.3. The van der Waals surface area contributed by atoms with E-state index in [1.165, 1.54) is 6.07 Å². The molecular weight excluding hydrogens is 246 g/mol. The molecule has 2 heterocycles. The molecule has 1 fully saturated rings. The van der Waals surface area contributed by atoms with Gasteiger partial charge < -0.3 is 14.0 Å². The molecule has 0 atom stereocenters. The molecular formula is C14H18BFO3. The van der Waals surface area contributed by atoms with Gasteiger partial charge in [-0.25, -0.2) is 4.39 Å². The molecule has 19 heavy (non-hydrogen) atoms. The molecule has 3 rings (SSSR count). The molecule has 0 saturated carbocycles. The molecule has 0 N–H and O–H groups in total. The van der Waals surface area contributed by atoms with Gasteiger partial charge in [0.25, 0.3) is 0 Å². The molecule has 2 aliphatic rings. The van der Waals surface area contributed by atoms with Crippen molar-refractivity contribution in [2.45, 2.75) is 45.3 Å². The number of fused-ring (bicyclic) bond motifs is 1. The summed E-state index contributed by atoms with van der Waals surface area (Å²) in [6.07, 6.45) is 0.760. The molecule has 0 aliphatic carbocycles. The minimum absolute atomic E-state index is 0.289. The predicted octanol–water partition coefficient (Wildman–Crippen LogP) is 2.06. The summed E-state index contributed by atoms with van der Waals surface area (Å²) in [5.74, 6) is 0.453. The van der Waals surface area contributed by atoms with Crippen LogP contribution in [0.1, 0.15) is 33.3 Å². The van der Waals surface area contributed by atoms with Gasteiger partial charge in [0.05, 0.1) is 17.8 Å². The first-order chi connectivity index (χ1) is 8.80. The summed E-state index contributed by atoms with van der Waals surface area (Å²) in [4.78, 5) is 0. The highest BCUT2D eigenvalue weighted by Crippen LogP contribution is 2.37. The summed E-state index contributed by atoms with van der Waals surface area (Å²) >= 11 is 0. The van der Waals surface area contributed by atoms with Gasteiger partial charge in [-0.2, -0.15) is 0 Å². The molecule has 0 amide bonds. The van der Waals surface area contributed by atoms with Gasteiger partial charge in [-0.1, -0.05) is 0 Å². The number of rotatable bonds is 1. The molecule has 1 aromatic carbocycles. The Kier molecular flexibility index (Phi) is 2.70. The van der Waals surface area contributed by atoms with Crippen molar-refractivity contribution in [3.05, 3.63) is 23.5 Å². The smallest absolute Gasteiger partial charge is 0.493 e. The average molecular weight is 264 g/mol. The van der Waals surface area contributed by atoms with Crippen molar-refractivity contribution in [3.63, 3.8) is 0 Å². The third kappa shape index (κ3) is 1.96. The molecule has 0 bridgehead atoms. The van der Waals surface area contributed by atoms with E-state index >= 15 is 0 Å². The largest absolute Gasteiger partial charge is 0.497 e. The van der Waals surface area contributed by atoms with Crippen LogP contribution in [-0.2, 0) is 15.7 Å². The van der Waals surface area contributed by atoms with Gasteiger partial charge in [-0.15, -0.1) is 0 Å². The van der Waals surface area contributed by atoms with Crippen molar-refractivity contribution < 1.29 is 18.4 Å². The second kappa shape index (κ2) is 3.96. The number of hydrogen-bond donors (Lipinski definition) is 0. The molecule has 0 unspecified atom stereocenters. The quantitative estimate of drug-likeness (QED) is 0.727. The first kappa shape index (κ1) is 12.9. The SMILES string of the molecule is CC1(C)OB(c2cc3c(cc2F)CCO3)OC1(C)C. The highest BCUT2D eigenvalue weighted by molar-refractivity contribution is 6.62. The summed E-state index contributed by atoms with van der Waals surface area (Å²) in [6, 6.07) is 3.24. The molecule has 102 valence electrons. The van der Waals surface area contributed by atoms with Crippen LogP contribution in [0, 0.1) is 5.82 Å². The van der Waals surface area contributed by atoms with Crippen molar-refractivity contribution in [1.82, 2.24) is 0 Å². The van der Waals surface area contributed by atoms with Gasteiger partial charge >= 0.3 is 7.12 Å². The minimum atomic E-state index is -0.681. The van der Waals surface area contributed by atoms with E-state index in [1.54, 1.807) is 6.07 Å². The summed E-state index contributed by atoms with van der Waals surface area (Å²) in [5.41, 5.74) is 0.394. The van der Waals surface area contributed by atoms with E-state index in [0.29, 0.717) is 12.1 Å². The van der Waals surface area contributed by atoms with Crippen molar-refractivity contribution in [1.29, 1.82) is 0 Å². The van der Waals surface area contributed by atoms with Crippen LogP contribution < -0.4 is 10.2 Å². The summed E-state index contributed by atoms with van der Waals surface area (Å²) in [7, 11) is -0.681. The van der Waals surface area contributed by atoms with Crippen LogP contribution in [0.3, 0.4) is 0 Å². The molecule has 0 spiro atoms. The zero-order valence-electron chi connectivity index (χ0n) is 11.7. The fourth-order valence-corrected chi connectivity index (χ4v) is 2.36. The maximum atomic E-state index is 14.2. The first-order valence-electron chi connectivity index (χ1n) is 6.61. The minimum Gasteiger partial charge on any atom is -0.493 e. The van der Waals surface area contributed by atoms with Crippen molar-refractivity contribution in [2.24, 2.45) is 0 Å². The Hall–Kier alpha value is -1.07. The Labute approximate surface area is 113 Å². The van der Waals surface area contributed by atoms with Crippen LogP contribution in [0.5, 0.6) is 5.75 Å². The monoisotopic (exact) mass is 264 g/mol. The lowest BCUT2D eigenvalue weighted by molar-refractivity contribution is 0.00578. The summed E-state index contributed by atoms with van der Waals surface area (Å²) in [6.45, 7) is 8.43. The van der Waals surface area contributed by atoms with Crippen molar-refractivity contribution in [3.8, 4) is 5.75 Å². The van der Waals surface area contributed by atoms with Gasteiger partial charge in [0, 0.05) is 17.4 Å². The molecule has 0 radical (unpaired) electrons. The van der Waals surface area contributed by atoms with Crippen LogP contribution in [0.25, 0.3) is 0 Å². The van der Waals surface area contributed by atoms with Crippen molar-refractivity contribution >= 4 is 12.6 Å². The van der Waals surface area contributed by atoms with Gasteiger partial charge in [0.15, 0.2) is 0 Å². The highest BCUT2D eigenvalue weighted by Gasteiger charge is 2.52. The predicted molar refractivity (Wildman–Crippen MR) is 71.3 cm³/mol. The Balaban J connectivity index is 1.96. The lowest BCUT2D eigenvalue weighted by Crippen LogP contribution is -2.41. The highest BCUT2D eigenvalue weighted by atomic mass is 19.1. The third-order valence-corrected chi connectivity index (χ3v) is 4.32. The van der Waals surface area contributed by atoms with Crippen LogP contribution in [0.4, 0.5) is 4.39 Å². The Morgan fingerprint density at radius 1 is 1.11 bits per heavy atom. The van der Waals surface area contributed by atoms with Gasteiger partial charge in [-0.05, 0) is 39.8 Å². The summed E-state index contributed by atoms with van der Waals surface area (Å²) in [5, 5.41) is 0. The maximum Gasteiger partial charge on any atom is 0.497 e. The van der Waals surface area contributed by atoms with Gasteiger partial charge in [0.1, 0.15) is 11.6 Å². The van der Waals surface area contributed by atoms with E-state index in [9.17, 15) is 4.39 Å². The molecule has 0 aromatic heterocycles. The number of halogens is 1. The van der Waals surface area contributed by atoms with E-state index in [1.807, 2.05) is 27.7 Å². The Bertz CT molecular complexity index is 512. The maximum absolute atomic E-state index is 14.2. The summed E-state index contributed by atoms with van der Waals surface area (Å²) < 4.78 is 31.4. The third-order valence-electron chi connectivity index (χ3n) is 4.32. The van der Waals surface area contributed by atoms with E-state index in [4.69, 9.17) is 14.0 Å². The molecule has 1 saturated heterocycles. The molecule has 2 aliphatic heterocycles. The van der Waals surface area contributed by atoms with E-state index < -0.39 is 18.3 Å². The molecule has 5 heteroatoms. The van der Waals surface area contributed by atoms with E-state index in [0.717, 1.165) is 17.7 Å². The number of hydrogen-bond acceptors (Lipinski definition) is 3. The average Bonchev–Trinajstić information content (AvgIpc) is 2.80. The second-order valence-electron chi connectivity index (χ2n) is 6.17. The van der Waals surface area contributed by atoms with Crippen LogP contribution >= 0.6 is 0 Å². The van der Waals surface area contributed by atoms with Gasteiger partial charge in [-0.3, -0.25) is 0 Å². The van der Waals surface area contributed by atoms with E-state index in [2.05, 4.69) is 0 Å². The fourth-order valence-electron chi connectivity index (χ4n) is 2.36. The van der Waals surface area contributed by atoms with Crippen LogP contribution in [-0.4, -0.2) is 24.9 Å². The molecule has 1 aromatic rings. The topological polar surface area (TPSA) is 27.7 Å². The lowest BCUT2D eigenvalue weighted by atomic mass is 9.78. The van der Waals surface area contributed by atoms with E-state index in [-0.39, 0.29) is 5.82 Å². The second-order valence-corrected chi connectivity index (χ2v) is 6.17. The zero-order valence-corrected chi connectivity index (χ0v) is 11.7. The fraction of sp³-hybridized carbons (Fsp3) is 0.571. The number of benzene rings is 1. The molecule has 3 nitrogen and oxygen atoms in total. The van der Waals surface area contributed by atoms with Crippen molar-refractivity contribution in [2.75, 3.05) is 6.61 Å². The first-order valence-corrected chi connectivity index (χ1v) is 6.61. The number of ether oxygens (including phenoxy) is 1. The Morgan fingerprint density at radius 3 is 2.37 bits per heavy atom. The van der Waals surface area contributed by atoms with Crippen LogP contribution in [0.15, 0.2) is 12.1 Å². The van der Waals surface area contributed by atoms with Gasteiger partial charge in [0.2, 0.25) is 0 Å². The zero-order chi connectivity index (χ0) is 13.8. The standard InChI is InChI=1S/C14H18BFO3/c1-13(2)14(3,4)19-15(18-13)10-8-12-9(5-6-17-12)7-11(10)16/h7-8H,5-6H2,1-4H3.